The van der Waals surface area contributed by atoms with Crippen molar-refractivity contribution in [3.63, 3.8) is 0 Å². The highest BCUT2D eigenvalue weighted by Gasteiger charge is 2.20. The molecule has 1 rings (SSSR count). The summed E-state index contributed by atoms with van der Waals surface area (Å²) in [5.74, 6) is -0.426. The quantitative estimate of drug-likeness (QED) is 0.808. The van der Waals surface area contributed by atoms with Gasteiger partial charge in [0, 0.05) is 19.8 Å². The number of nitrogens with two attached hydrogens (primary N) is 1. The highest BCUT2D eigenvalue weighted by Crippen LogP contribution is 2.23. The number of benzene rings is 1. The third-order valence-electron chi connectivity index (χ3n) is 2.90. The van der Waals surface area contributed by atoms with Gasteiger partial charge in [0.2, 0.25) is 5.91 Å². The molecule has 0 aliphatic carbocycles. The summed E-state index contributed by atoms with van der Waals surface area (Å²) in [6, 6.07) is 4.25. The van der Waals surface area contributed by atoms with Crippen LogP contribution in [0, 0.1) is 0 Å². The first kappa shape index (κ1) is 21.5. The summed E-state index contributed by atoms with van der Waals surface area (Å²) < 4.78 is 22.2. The zero-order valence-electron chi connectivity index (χ0n) is 12.3. The van der Waals surface area contributed by atoms with Gasteiger partial charge >= 0.3 is 0 Å². The van der Waals surface area contributed by atoms with E-state index in [0.29, 0.717) is 16.6 Å². The molecule has 0 aromatic heterocycles. The number of hydrogen-bond donors (Lipinski definition) is 1. The van der Waals surface area contributed by atoms with Crippen molar-refractivity contribution in [1.82, 2.24) is 4.90 Å². The van der Waals surface area contributed by atoms with Crippen LogP contribution >= 0.6 is 35.6 Å². The lowest BCUT2D eigenvalue weighted by Gasteiger charge is -2.21. The number of carbonyl (C=O) groups is 1. The molecule has 1 unspecified atom stereocenters. The molecular formula is C13H19Cl3N2O3S. The molecule has 0 fully saturated rings. The van der Waals surface area contributed by atoms with Crippen molar-refractivity contribution < 1.29 is 13.2 Å². The van der Waals surface area contributed by atoms with Crippen LogP contribution in [0.3, 0.4) is 0 Å². The van der Waals surface area contributed by atoms with Gasteiger partial charge < -0.3 is 10.6 Å². The Kier molecular flexibility index (Phi) is 8.72. The van der Waals surface area contributed by atoms with E-state index in [2.05, 4.69) is 0 Å². The van der Waals surface area contributed by atoms with E-state index in [0.717, 1.165) is 11.8 Å². The Balaban J connectivity index is 0.00000441. The second kappa shape index (κ2) is 8.93. The van der Waals surface area contributed by atoms with Gasteiger partial charge in [0.15, 0.2) is 0 Å². The molecule has 0 saturated heterocycles. The summed E-state index contributed by atoms with van der Waals surface area (Å²) in [5.41, 5.74) is 6.55. The number of nitrogens with zero attached hydrogens (tertiary/aromatic N) is 1. The van der Waals surface area contributed by atoms with Crippen LogP contribution in [0.5, 0.6) is 0 Å². The maximum absolute atomic E-state index is 12.1. The van der Waals surface area contributed by atoms with Crippen molar-refractivity contribution in [2.45, 2.75) is 19.0 Å². The monoisotopic (exact) mass is 388 g/mol. The molecule has 0 heterocycles. The van der Waals surface area contributed by atoms with Gasteiger partial charge in [0.05, 0.1) is 21.8 Å². The largest absolute Gasteiger partial charge is 0.340 e. The lowest BCUT2D eigenvalue weighted by Crippen LogP contribution is -2.42. The molecule has 0 radical (unpaired) electrons. The molecule has 5 nitrogen and oxygen atoms in total. The Morgan fingerprint density at radius 2 is 1.91 bits per heavy atom. The molecule has 0 saturated carbocycles. The number of hydrogen-bond acceptors (Lipinski definition) is 4. The van der Waals surface area contributed by atoms with E-state index < -0.39 is 15.9 Å². The van der Waals surface area contributed by atoms with Crippen LogP contribution in [0.25, 0.3) is 0 Å². The summed E-state index contributed by atoms with van der Waals surface area (Å²) in [7, 11) is -1.53. The second-order valence-corrected chi connectivity index (χ2v) is 8.04. The number of carbonyl (C=O) groups excluding carboxylic acids is 1. The van der Waals surface area contributed by atoms with E-state index in [1.165, 1.54) is 4.90 Å². The first-order chi connectivity index (χ1) is 9.60. The predicted octanol–water partition coefficient (Wildman–Crippen LogP) is 2.14. The Hall–Kier alpha value is -0.530. The second-order valence-electron chi connectivity index (χ2n) is 4.97. The third-order valence-corrected chi connectivity index (χ3v) is 4.61. The van der Waals surface area contributed by atoms with Crippen molar-refractivity contribution in [3.05, 3.63) is 33.8 Å². The van der Waals surface area contributed by atoms with Gasteiger partial charge in [-0.05, 0) is 24.1 Å². The lowest BCUT2D eigenvalue weighted by atomic mass is 10.2. The van der Waals surface area contributed by atoms with Crippen LogP contribution in [0.4, 0.5) is 0 Å². The fraction of sp³-hybridized carbons (Fsp3) is 0.462. The molecule has 1 aromatic carbocycles. The predicted molar refractivity (Wildman–Crippen MR) is 92.5 cm³/mol. The average Bonchev–Trinajstić information content (AvgIpc) is 2.38. The molecule has 126 valence electrons. The SMILES string of the molecule is CN(Cc1ccc(Cl)c(Cl)c1)C(=O)C(N)CCS(C)(=O)=O.Cl. The van der Waals surface area contributed by atoms with Crippen LogP contribution in [0.1, 0.15) is 12.0 Å². The number of rotatable bonds is 6. The lowest BCUT2D eigenvalue weighted by molar-refractivity contribution is -0.131. The molecule has 0 aliphatic rings. The minimum atomic E-state index is -3.13. The normalized spacial score (nSPS) is 12.4. The summed E-state index contributed by atoms with van der Waals surface area (Å²) >= 11 is 11.7. The van der Waals surface area contributed by atoms with Crippen molar-refractivity contribution in [3.8, 4) is 0 Å². The van der Waals surface area contributed by atoms with E-state index in [1.807, 2.05) is 0 Å². The summed E-state index contributed by atoms with van der Waals surface area (Å²) in [6.07, 6.45) is 1.22. The smallest absolute Gasteiger partial charge is 0.239 e. The molecule has 0 aliphatic heterocycles. The van der Waals surface area contributed by atoms with E-state index in [1.54, 1.807) is 25.2 Å². The fourth-order valence-electron chi connectivity index (χ4n) is 1.74. The zero-order chi connectivity index (χ0) is 16.2. The molecule has 1 atom stereocenters. The van der Waals surface area contributed by atoms with Crippen molar-refractivity contribution in [1.29, 1.82) is 0 Å². The van der Waals surface area contributed by atoms with Gasteiger partial charge in [-0.15, -0.1) is 12.4 Å². The minimum Gasteiger partial charge on any atom is -0.340 e. The molecule has 0 bridgehead atoms. The highest BCUT2D eigenvalue weighted by atomic mass is 35.5. The number of sulfone groups is 1. The van der Waals surface area contributed by atoms with E-state index in [-0.39, 0.29) is 30.5 Å². The first-order valence-electron chi connectivity index (χ1n) is 6.22. The topological polar surface area (TPSA) is 80.5 Å². The molecule has 9 heteroatoms. The molecule has 2 N–H and O–H groups in total. The van der Waals surface area contributed by atoms with Gasteiger partial charge in [0.25, 0.3) is 0 Å². The van der Waals surface area contributed by atoms with Gasteiger partial charge in [-0.25, -0.2) is 8.42 Å². The van der Waals surface area contributed by atoms with Gasteiger partial charge in [0.1, 0.15) is 9.84 Å². The van der Waals surface area contributed by atoms with Gasteiger partial charge in [-0.3, -0.25) is 4.79 Å². The van der Waals surface area contributed by atoms with Gasteiger partial charge in [-0.2, -0.15) is 0 Å². The summed E-state index contributed by atoms with van der Waals surface area (Å²) in [5, 5.41) is 0.857. The molecule has 1 amide bonds. The first-order valence-corrected chi connectivity index (χ1v) is 9.04. The van der Waals surface area contributed by atoms with Crippen LogP contribution in [-0.2, 0) is 21.2 Å². The van der Waals surface area contributed by atoms with E-state index >= 15 is 0 Å². The van der Waals surface area contributed by atoms with E-state index in [4.69, 9.17) is 28.9 Å². The van der Waals surface area contributed by atoms with Crippen molar-refractivity contribution in [2.24, 2.45) is 5.73 Å². The standard InChI is InChI=1S/C13H18Cl2N2O3S.ClH/c1-17(8-9-3-4-10(14)11(15)7-9)13(18)12(16)5-6-21(2,19)20;/h3-4,7,12H,5-6,8,16H2,1-2H3;1H. The summed E-state index contributed by atoms with van der Waals surface area (Å²) in [4.78, 5) is 13.5. The fourth-order valence-corrected chi connectivity index (χ4v) is 2.74. The Labute approximate surface area is 147 Å². The van der Waals surface area contributed by atoms with Crippen molar-refractivity contribution in [2.75, 3.05) is 19.1 Å². The van der Waals surface area contributed by atoms with Crippen LogP contribution in [0.15, 0.2) is 18.2 Å². The number of likely N-dealkylation sites (N-methyl/N-ethyl adjacent to an activating group) is 1. The number of halogens is 3. The van der Waals surface area contributed by atoms with Crippen molar-refractivity contribution >= 4 is 51.4 Å². The van der Waals surface area contributed by atoms with Crippen LogP contribution in [0.2, 0.25) is 10.0 Å². The molecular weight excluding hydrogens is 371 g/mol. The zero-order valence-corrected chi connectivity index (χ0v) is 15.4. The van der Waals surface area contributed by atoms with Crippen LogP contribution in [-0.4, -0.2) is 44.3 Å². The Bertz CT molecular complexity index is 623. The summed E-state index contributed by atoms with van der Waals surface area (Å²) in [6.45, 7) is 0.322. The van der Waals surface area contributed by atoms with Gasteiger partial charge in [-0.1, -0.05) is 29.3 Å². The minimum absolute atomic E-state index is 0. The molecule has 0 spiro atoms. The third kappa shape index (κ3) is 7.15. The maximum atomic E-state index is 12.1. The molecule has 1 aromatic rings. The Morgan fingerprint density at radius 1 is 1.32 bits per heavy atom. The highest BCUT2D eigenvalue weighted by molar-refractivity contribution is 7.90. The maximum Gasteiger partial charge on any atom is 0.239 e. The Morgan fingerprint density at radius 3 is 2.41 bits per heavy atom. The van der Waals surface area contributed by atoms with Crippen LogP contribution < -0.4 is 5.73 Å². The number of amides is 1. The molecule has 22 heavy (non-hydrogen) atoms. The average molecular weight is 390 g/mol. The van der Waals surface area contributed by atoms with E-state index in [9.17, 15) is 13.2 Å².